The predicted molar refractivity (Wildman–Crippen MR) is 117 cm³/mol. The van der Waals surface area contributed by atoms with Gasteiger partial charge in [0.15, 0.2) is 6.61 Å². The number of hydrazine groups is 1. The van der Waals surface area contributed by atoms with Gasteiger partial charge in [0.05, 0.1) is 16.8 Å². The number of hydrogen-bond donors (Lipinski definition) is 2. The van der Waals surface area contributed by atoms with Crippen molar-refractivity contribution in [2.75, 3.05) is 6.61 Å². The molecule has 10 heteroatoms. The van der Waals surface area contributed by atoms with Crippen LogP contribution >= 0.6 is 15.9 Å². The first-order valence-corrected chi connectivity index (χ1v) is 10.3. The number of nitrogens with one attached hydrogen (secondary N) is 2. The number of amides is 2. The molecule has 2 aromatic carbocycles. The van der Waals surface area contributed by atoms with Gasteiger partial charge in [0.25, 0.3) is 11.8 Å². The van der Waals surface area contributed by atoms with Gasteiger partial charge >= 0.3 is 5.97 Å². The average Bonchev–Trinajstić information content (AvgIpc) is 3.12. The molecular weight excluding hydrogens is 482 g/mol. The van der Waals surface area contributed by atoms with Crippen LogP contribution in [0.15, 0.2) is 57.5 Å². The zero-order valence-electron chi connectivity index (χ0n) is 17.3. The molecule has 0 radical (unpaired) electrons. The Bertz CT molecular complexity index is 1090. The molecule has 0 aliphatic carbocycles. The second-order valence-electron chi connectivity index (χ2n) is 6.70. The number of rotatable bonds is 7. The minimum Gasteiger partial charge on any atom is -0.489 e. The van der Waals surface area contributed by atoms with Crippen LogP contribution in [0.2, 0.25) is 0 Å². The molecule has 1 heterocycles. The molecule has 9 nitrogen and oxygen atoms in total. The van der Waals surface area contributed by atoms with Gasteiger partial charge in [0.1, 0.15) is 18.1 Å². The summed E-state index contributed by atoms with van der Waals surface area (Å²) in [6.45, 7) is 3.37. The van der Waals surface area contributed by atoms with Gasteiger partial charge in [-0.25, -0.2) is 4.79 Å². The Morgan fingerprint density at radius 2 is 1.62 bits per heavy atom. The molecule has 0 aliphatic rings. The molecule has 0 bridgehead atoms. The molecule has 0 saturated carbocycles. The van der Waals surface area contributed by atoms with Crippen LogP contribution in [-0.4, -0.2) is 29.5 Å². The van der Waals surface area contributed by atoms with Crippen molar-refractivity contribution in [1.82, 2.24) is 16.0 Å². The Balaban J connectivity index is 1.42. The average molecular weight is 502 g/mol. The van der Waals surface area contributed by atoms with Crippen molar-refractivity contribution in [2.45, 2.75) is 20.5 Å². The maximum Gasteiger partial charge on any atom is 0.338 e. The summed E-state index contributed by atoms with van der Waals surface area (Å²) in [6, 6.07) is 12.9. The van der Waals surface area contributed by atoms with Gasteiger partial charge in [-0.1, -0.05) is 21.1 Å². The lowest BCUT2D eigenvalue weighted by Gasteiger charge is -2.09. The molecule has 2 amide bonds. The first-order valence-electron chi connectivity index (χ1n) is 9.50. The number of halogens is 1. The van der Waals surface area contributed by atoms with Crippen LogP contribution in [0.1, 0.15) is 37.7 Å². The molecule has 3 aromatic rings. The van der Waals surface area contributed by atoms with Crippen molar-refractivity contribution in [3.63, 3.8) is 0 Å². The highest BCUT2D eigenvalue weighted by atomic mass is 79.9. The maximum absolute atomic E-state index is 12.1. The highest BCUT2D eigenvalue weighted by molar-refractivity contribution is 9.10. The quantitative estimate of drug-likeness (QED) is 0.376. The van der Waals surface area contributed by atoms with E-state index in [1.807, 2.05) is 6.92 Å². The van der Waals surface area contributed by atoms with E-state index in [9.17, 15) is 14.4 Å². The van der Waals surface area contributed by atoms with Gasteiger partial charge < -0.3 is 14.0 Å². The van der Waals surface area contributed by atoms with Crippen LogP contribution < -0.4 is 15.6 Å². The molecular formula is C22H20BrN3O6. The van der Waals surface area contributed by atoms with E-state index in [0.29, 0.717) is 17.1 Å². The van der Waals surface area contributed by atoms with E-state index < -0.39 is 24.4 Å². The van der Waals surface area contributed by atoms with Gasteiger partial charge in [-0.2, -0.15) is 0 Å². The highest BCUT2D eigenvalue weighted by Gasteiger charge is 2.13. The molecule has 32 heavy (non-hydrogen) atoms. The number of aryl methyl sites for hydroxylation is 2. The summed E-state index contributed by atoms with van der Waals surface area (Å²) >= 11 is 3.27. The first kappa shape index (κ1) is 23.0. The number of esters is 1. The fraction of sp³-hybridized carbons (Fsp3) is 0.182. The Kier molecular flexibility index (Phi) is 7.61. The van der Waals surface area contributed by atoms with E-state index in [-0.39, 0.29) is 12.2 Å². The van der Waals surface area contributed by atoms with Crippen LogP contribution in [-0.2, 0) is 16.1 Å². The van der Waals surface area contributed by atoms with Crippen LogP contribution in [0.5, 0.6) is 5.75 Å². The Morgan fingerprint density at radius 3 is 2.25 bits per heavy atom. The van der Waals surface area contributed by atoms with Crippen molar-refractivity contribution in [1.29, 1.82) is 0 Å². The SMILES string of the molecule is Cc1noc(C)c1COc1ccc(C(=O)OCC(=O)NNC(=O)c2ccc(Br)cc2)cc1. The fourth-order valence-electron chi connectivity index (χ4n) is 2.60. The van der Waals surface area contributed by atoms with Gasteiger partial charge in [0, 0.05) is 10.0 Å². The molecule has 0 aliphatic heterocycles. The van der Waals surface area contributed by atoms with Gasteiger partial charge in [-0.3, -0.25) is 20.4 Å². The molecule has 2 N–H and O–H groups in total. The molecule has 0 atom stereocenters. The van der Waals surface area contributed by atoms with Crippen molar-refractivity contribution in [3.8, 4) is 5.75 Å². The number of carbonyl (C=O) groups is 3. The lowest BCUT2D eigenvalue weighted by molar-refractivity contribution is -0.125. The summed E-state index contributed by atoms with van der Waals surface area (Å²) in [5.74, 6) is -0.617. The van der Waals surface area contributed by atoms with Crippen molar-refractivity contribution < 1.29 is 28.4 Å². The van der Waals surface area contributed by atoms with Crippen LogP contribution in [0.25, 0.3) is 0 Å². The zero-order chi connectivity index (χ0) is 23.1. The third-order valence-corrected chi connectivity index (χ3v) is 4.94. The molecule has 0 spiro atoms. The molecule has 0 fully saturated rings. The third kappa shape index (κ3) is 6.17. The highest BCUT2D eigenvalue weighted by Crippen LogP contribution is 2.18. The summed E-state index contributed by atoms with van der Waals surface area (Å²) in [5.41, 5.74) is 6.68. The largest absolute Gasteiger partial charge is 0.489 e. The lowest BCUT2D eigenvalue weighted by Crippen LogP contribution is -2.43. The van der Waals surface area contributed by atoms with Crippen molar-refractivity contribution >= 4 is 33.7 Å². The van der Waals surface area contributed by atoms with E-state index in [1.165, 1.54) is 12.1 Å². The summed E-state index contributed by atoms with van der Waals surface area (Å²) in [4.78, 5) is 35.9. The molecule has 0 unspecified atom stereocenters. The fourth-order valence-corrected chi connectivity index (χ4v) is 2.87. The second kappa shape index (κ2) is 10.6. The number of hydrogen-bond acceptors (Lipinski definition) is 7. The lowest BCUT2D eigenvalue weighted by atomic mass is 10.2. The molecule has 0 saturated heterocycles. The second-order valence-corrected chi connectivity index (χ2v) is 7.62. The molecule has 1 aromatic heterocycles. The van der Waals surface area contributed by atoms with Gasteiger partial charge in [-0.15, -0.1) is 0 Å². The summed E-state index contributed by atoms with van der Waals surface area (Å²) < 4.78 is 16.6. The number of carbonyl (C=O) groups excluding carboxylic acids is 3. The Morgan fingerprint density at radius 1 is 0.969 bits per heavy atom. The van der Waals surface area contributed by atoms with E-state index in [4.69, 9.17) is 14.0 Å². The zero-order valence-corrected chi connectivity index (χ0v) is 18.9. The monoisotopic (exact) mass is 501 g/mol. The summed E-state index contributed by atoms with van der Waals surface area (Å²) in [5, 5.41) is 3.87. The van der Waals surface area contributed by atoms with E-state index in [2.05, 4.69) is 31.9 Å². The predicted octanol–water partition coefficient (Wildman–Crippen LogP) is 3.25. The van der Waals surface area contributed by atoms with E-state index in [0.717, 1.165) is 15.7 Å². The van der Waals surface area contributed by atoms with Crippen LogP contribution in [0.3, 0.4) is 0 Å². The summed E-state index contributed by atoms with van der Waals surface area (Å²) in [7, 11) is 0. The number of ether oxygens (including phenoxy) is 2. The standard InChI is InChI=1S/C22H20BrN3O6/c1-13-19(14(2)32-26-13)11-30-18-9-5-16(6-10-18)22(29)31-12-20(27)24-25-21(28)15-3-7-17(23)8-4-15/h3-10H,11-12H2,1-2H3,(H,24,27)(H,25,28). The smallest absolute Gasteiger partial charge is 0.338 e. The van der Waals surface area contributed by atoms with Crippen molar-refractivity contribution in [3.05, 3.63) is 81.1 Å². The van der Waals surface area contributed by atoms with Crippen LogP contribution in [0, 0.1) is 13.8 Å². The van der Waals surface area contributed by atoms with Gasteiger partial charge in [-0.05, 0) is 62.4 Å². The maximum atomic E-state index is 12.1. The number of nitrogens with zero attached hydrogens (tertiary/aromatic N) is 1. The topological polar surface area (TPSA) is 120 Å². The third-order valence-electron chi connectivity index (χ3n) is 4.41. The minimum absolute atomic E-state index is 0.251. The first-order chi connectivity index (χ1) is 15.3. The number of benzene rings is 2. The van der Waals surface area contributed by atoms with Crippen LogP contribution in [0.4, 0.5) is 0 Å². The molecule has 3 rings (SSSR count). The van der Waals surface area contributed by atoms with Crippen molar-refractivity contribution in [2.24, 2.45) is 0 Å². The minimum atomic E-state index is -0.684. The van der Waals surface area contributed by atoms with E-state index in [1.54, 1.807) is 43.3 Å². The normalized spacial score (nSPS) is 10.3. The summed E-state index contributed by atoms with van der Waals surface area (Å²) in [6.07, 6.45) is 0. The Labute approximate surface area is 192 Å². The number of aromatic nitrogens is 1. The Hall–Kier alpha value is -3.66. The van der Waals surface area contributed by atoms with Gasteiger partial charge in [0.2, 0.25) is 0 Å². The molecule has 166 valence electrons. The van der Waals surface area contributed by atoms with E-state index >= 15 is 0 Å².